The van der Waals surface area contributed by atoms with Crippen molar-refractivity contribution >= 4 is 32.2 Å². The monoisotopic (exact) mass is 430 g/mol. The van der Waals surface area contributed by atoms with E-state index in [4.69, 9.17) is 9.47 Å². The third kappa shape index (κ3) is 4.10. The molecule has 0 unspecified atom stereocenters. The van der Waals surface area contributed by atoms with Gasteiger partial charge >= 0.3 is 0 Å². The maximum atomic E-state index is 12.7. The Morgan fingerprint density at radius 2 is 1.86 bits per heavy atom. The third-order valence-corrected chi connectivity index (χ3v) is 6.31. The van der Waals surface area contributed by atoms with Crippen LogP contribution in [0.4, 0.5) is 5.13 Å². The molecule has 3 aromatic rings. The highest BCUT2D eigenvalue weighted by Crippen LogP contribution is 2.35. The molecule has 0 fully saturated rings. The van der Waals surface area contributed by atoms with Crippen LogP contribution in [-0.2, 0) is 9.84 Å². The summed E-state index contributed by atoms with van der Waals surface area (Å²) in [6.07, 6.45) is 1.11. The number of nitrogens with one attached hydrogen (secondary N) is 1. The van der Waals surface area contributed by atoms with Gasteiger partial charge in [-0.15, -0.1) is 11.3 Å². The predicted octanol–water partition coefficient (Wildman–Crippen LogP) is 3.55. The van der Waals surface area contributed by atoms with Crippen molar-refractivity contribution in [2.45, 2.75) is 11.8 Å². The summed E-state index contributed by atoms with van der Waals surface area (Å²) < 4.78 is 34.7. The number of thiazole rings is 1. The van der Waals surface area contributed by atoms with E-state index in [1.807, 2.05) is 23.6 Å². The van der Waals surface area contributed by atoms with E-state index in [1.54, 1.807) is 13.0 Å². The number of carbonyl (C=O) groups is 1. The van der Waals surface area contributed by atoms with Crippen molar-refractivity contribution in [3.05, 3.63) is 52.9 Å². The summed E-state index contributed by atoms with van der Waals surface area (Å²) in [6, 6.07) is 10.1. The van der Waals surface area contributed by atoms with Crippen LogP contribution in [0.2, 0.25) is 0 Å². The van der Waals surface area contributed by atoms with E-state index in [1.165, 1.54) is 23.5 Å². The maximum absolute atomic E-state index is 12.7. The standard InChI is InChI=1S/C20H18N2O5S2/c1-12-3-5-14(29(2,24)25)10-15(12)19(23)22-20-21-16(11-28-20)13-4-6-17-18(9-13)27-8-7-26-17/h3-6,9-11H,7-8H2,1-2H3,(H,21,22,23). The Hall–Kier alpha value is -2.91. The van der Waals surface area contributed by atoms with Gasteiger partial charge in [-0.2, -0.15) is 0 Å². The van der Waals surface area contributed by atoms with Gasteiger partial charge in [0.2, 0.25) is 0 Å². The molecule has 2 heterocycles. The fourth-order valence-corrected chi connectivity index (χ4v) is 4.27. The van der Waals surface area contributed by atoms with Crippen LogP contribution < -0.4 is 14.8 Å². The molecular formula is C20H18N2O5S2. The van der Waals surface area contributed by atoms with Gasteiger partial charge in [0.15, 0.2) is 26.5 Å². The number of carbonyl (C=O) groups excluding carboxylic acids is 1. The van der Waals surface area contributed by atoms with Crippen LogP contribution >= 0.6 is 11.3 Å². The quantitative estimate of drug-likeness (QED) is 0.680. The first-order chi connectivity index (χ1) is 13.8. The molecule has 29 heavy (non-hydrogen) atoms. The Labute approximate surface area is 172 Å². The smallest absolute Gasteiger partial charge is 0.257 e. The highest BCUT2D eigenvalue weighted by atomic mass is 32.2. The van der Waals surface area contributed by atoms with Gasteiger partial charge in [-0.25, -0.2) is 13.4 Å². The summed E-state index contributed by atoms with van der Waals surface area (Å²) in [4.78, 5) is 17.2. The Morgan fingerprint density at radius 3 is 2.62 bits per heavy atom. The first kappa shape index (κ1) is 19.4. The Morgan fingerprint density at radius 1 is 1.10 bits per heavy atom. The van der Waals surface area contributed by atoms with Gasteiger partial charge in [0, 0.05) is 22.8 Å². The molecule has 4 rings (SSSR count). The average Bonchev–Trinajstić information content (AvgIpc) is 3.15. The fourth-order valence-electron chi connectivity index (χ4n) is 2.91. The Kier molecular flexibility index (Phi) is 5.01. The van der Waals surface area contributed by atoms with Gasteiger partial charge < -0.3 is 9.47 Å². The molecule has 0 bridgehead atoms. The number of nitrogens with zero attached hydrogens (tertiary/aromatic N) is 1. The van der Waals surface area contributed by atoms with Crippen molar-refractivity contribution in [2.75, 3.05) is 24.8 Å². The lowest BCUT2D eigenvalue weighted by molar-refractivity contribution is 0.102. The van der Waals surface area contributed by atoms with Crippen molar-refractivity contribution in [3.63, 3.8) is 0 Å². The Bertz CT molecular complexity index is 1200. The van der Waals surface area contributed by atoms with Gasteiger partial charge in [0.25, 0.3) is 5.91 Å². The number of aromatic nitrogens is 1. The fraction of sp³-hybridized carbons (Fsp3) is 0.200. The van der Waals surface area contributed by atoms with Crippen molar-refractivity contribution in [1.29, 1.82) is 0 Å². The first-order valence-corrected chi connectivity index (χ1v) is 11.6. The second-order valence-electron chi connectivity index (χ2n) is 6.60. The lowest BCUT2D eigenvalue weighted by atomic mass is 10.1. The van der Waals surface area contributed by atoms with Crippen LogP contribution in [-0.4, -0.2) is 38.8 Å². The van der Waals surface area contributed by atoms with E-state index in [2.05, 4.69) is 10.3 Å². The number of sulfone groups is 1. The topological polar surface area (TPSA) is 94.6 Å². The first-order valence-electron chi connectivity index (χ1n) is 8.79. The van der Waals surface area contributed by atoms with E-state index >= 15 is 0 Å². The third-order valence-electron chi connectivity index (χ3n) is 4.44. The largest absolute Gasteiger partial charge is 0.486 e. The molecule has 150 valence electrons. The van der Waals surface area contributed by atoms with Crippen LogP contribution in [0, 0.1) is 6.92 Å². The molecule has 2 aromatic carbocycles. The minimum Gasteiger partial charge on any atom is -0.486 e. The molecule has 0 radical (unpaired) electrons. The summed E-state index contributed by atoms with van der Waals surface area (Å²) in [5.74, 6) is 0.960. The number of ether oxygens (including phenoxy) is 2. The van der Waals surface area contributed by atoms with E-state index in [0.29, 0.717) is 46.7 Å². The number of amides is 1. The normalized spacial score (nSPS) is 13.2. The van der Waals surface area contributed by atoms with Crippen LogP contribution in [0.5, 0.6) is 11.5 Å². The summed E-state index contributed by atoms with van der Waals surface area (Å²) in [5.41, 5.74) is 2.52. The minimum atomic E-state index is -3.40. The second-order valence-corrected chi connectivity index (χ2v) is 9.47. The lowest BCUT2D eigenvalue weighted by Gasteiger charge is -2.18. The van der Waals surface area contributed by atoms with Crippen molar-refractivity contribution in [3.8, 4) is 22.8 Å². The molecule has 0 saturated carbocycles. The molecule has 9 heteroatoms. The highest BCUT2D eigenvalue weighted by molar-refractivity contribution is 7.90. The zero-order valence-electron chi connectivity index (χ0n) is 15.8. The molecule has 1 amide bonds. The molecule has 7 nitrogen and oxygen atoms in total. The van der Waals surface area contributed by atoms with E-state index in [-0.39, 0.29) is 4.90 Å². The van der Waals surface area contributed by atoms with Crippen LogP contribution in [0.15, 0.2) is 46.7 Å². The maximum Gasteiger partial charge on any atom is 0.257 e. The molecule has 0 saturated heterocycles. The number of rotatable bonds is 4. The lowest BCUT2D eigenvalue weighted by Crippen LogP contribution is -2.15. The number of anilines is 1. The molecule has 1 N–H and O–H groups in total. The van der Waals surface area contributed by atoms with E-state index < -0.39 is 15.7 Å². The van der Waals surface area contributed by atoms with Gasteiger partial charge in [-0.1, -0.05) is 6.07 Å². The molecule has 0 atom stereocenters. The molecule has 1 aliphatic rings. The molecular weight excluding hydrogens is 412 g/mol. The summed E-state index contributed by atoms with van der Waals surface area (Å²) in [6.45, 7) is 2.78. The van der Waals surface area contributed by atoms with Crippen molar-refractivity contribution in [2.24, 2.45) is 0 Å². The highest BCUT2D eigenvalue weighted by Gasteiger charge is 2.17. The summed E-state index contributed by atoms with van der Waals surface area (Å²) in [5, 5.41) is 5.00. The van der Waals surface area contributed by atoms with Gasteiger partial charge in [-0.3, -0.25) is 10.1 Å². The van der Waals surface area contributed by atoms with E-state index in [9.17, 15) is 13.2 Å². The molecule has 1 aromatic heterocycles. The number of aryl methyl sites for hydroxylation is 1. The molecule has 0 aliphatic carbocycles. The zero-order valence-corrected chi connectivity index (χ0v) is 17.4. The number of benzene rings is 2. The summed E-state index contributed by atoms with van der Waals surface area (Å²) >= 11 is 1.29. The van der Waals surface area contributed by atoms with Crippen LogP contribution in [0.3, 0.4) is 0 Å². The van der Waals surface area contributed by atoms with Crippen molar-refractivity contribution < 1.29 is 22.7 Å². The molecule has 1 aliphatic heterocycles. The number of hydrogen-bond donors (Lipinski definition) is 1. The van der Waals surface area contributed by atoms with Gasteiger partial charge in [0.1, 0.15) is 13.2 Å². The van der Waals surface area contributed by atoms with Crippen LogP contribution in [0.25, 0.3) is 11.3 Å². The van der Waals surface area contributed by atoms with E-state index in [0.717, 1.165) is 11.8 Å². The van der Waals surface area contributed by atoms with Gasteiger partial charge in [0.05, 0.1) is 10.6 Å². The SMILES string of the molecule is Cc1ccc(S(C)(=O)=O)cc1C(=O)Nc1nc(-c2ccc3c(c2)OCCO3)cs1. The van der Waals surface area contributed by atoms with Crippen LogP contribution in [0.1, 0.15) is 15.9 Å². The predicted molar refractivity (Wildman–Crippen MR) is 111 cm³/mol. The number of fused-ring (bicyclic) bond motifs is 1. The van der Waals surface area contributed by atoms with Crippen molar-refractivity contribution in [1.82, 2.24) is 4.98 Å². The average molecular weight is 431 g/mol. The summed E-state index contributed by atoms with van der Waals surface area (Å²) in [7, 11) is -3.40. The Balaban J connectivity index is 1.56. The second kappa shape index (κ2) is 7.49. The molecule has 0 spiro atoms. The minimum absolute atomic E-state index is 0.101. The number of hydrogen-bond acceptors (Lipinski definition) is 7. The van der Waals surface area contributed by atoms with Gasteiger partial charge in [-0.05, 0) is 42.8 Å². The zero-order chi connectivity index (χ0) is 20.6.